The van der Waals surface area contributed by atoms with Crippen molar-refractivity contribution in [2.75, 3.05) is 26.8 Å². The van der Waals surface area contributed by atoms with Crippen molar-refractivity contribution in [3.05, 3.63) is 80.6 Å². The molecule has 184 valence electrons. The lowest BCUT2D eigenvalue weighted by atomic mass is 9.97. The van der Waals surface area contributed by atoms with Crippen molar-refractivity contribution in [3.63, 3.8) is 0 Å². The smallest absolute Gasteiger partial charge is 0.249 e. The number of hydrogen-bond donors (Lipinski definition) is 1. The summed E-state index contributed by atoms with van der Waals surface area (Å²) in [4.78, 5) is 15.0. The molecule has 5 rings (SSSR count). The van der Waals surface area contributed by atoms with Crippen LogP contribution in [0.1, 0.15) is 36.8 Å². The van der Waals surface area contributed by atoms with Crippen molar-refractivity contribution in [1.29, 1.82) is 0 Å². The number of allylic oxidation sites excluding steroid dienone is 6. The van der Waals surface area contributed by atoms with Crippen LogP contribution in [0.4, 0.5) is 4.39 Å². The van der Waals surface area contributed by atoms with Crippen LogP contribution in [0.5, 0.6) is 5.75 Å². The molecule has 7 nitrogen and oxygen atoms in total. The lowest BCUT2D eigenvalue weighted by molar-refractivity contribution is -0.428. The predicted molar refractivity (Wildman–Crippen MR) is 131 cm³/mol. The Morgan fingerprint density at radius 1 is 1.23 bits per heavy atom. The minimum absolute atomic E-state index is 0.108. The van der Waals surface area contributed by atoms with Crippen molar-refractivity contribution in [2.45, 2.75) is 38.5 Å². The zero-order chi connectivity index (χ0) is 24.4. The van der Waals surface area contributed by atoms with Crippen LogP contribution in [-0.2, 0) is 17.6 Å². The summed E-state index contributed by atoms with van der Waals surface area (Å²) in [5.74, 6) is 1.46. The number of nitro groups is 1. The summed E-state index contributed by atoms with van der Waals surface area (Å²) in [6.45, 7) is 2.85. The third kappa shape index (κ3) is 5.13. The number of aromatic nitrogens is 1. The Bertz CT molecular complexity index is 1220. The van der Waals surface area contributed by atoms with E-state index in [0.717, 1.165) is 60.3 Å². The zero-order valence-electron chi connectivity index (χ0n) is 19.9. The number of benzene rings is 1. The monoisotopic (exact) mass is 479 g/mol. The van der Waals surface area contributed by atoms with Gasteiger partial charge in [0, 0.05) is 31.5 Å². The fraction of sp³-hybridized carbons (Fsp3) is 0.444. The van der Waals surface area contributed by atoms with E-state index in [9.17, 15) is 14.5 Å². The van der Waals surface area contributed by atoms with Gasteiger partial charge < -0.3 is 14.8 Å². The highest BCUT2D eigenvalue weighted by atomic mass is 19.1. The van der Waals surface area contributed by atoms with Crippen LogP contribution in [0.3, 0.4) is 0 Å². The summed E-state index contributed by atoms with van der Waals surface area (Å²) in [7, 11) is 1.69. The van der Waals surface area contributed by atoms with E-state index in [0.29, 0.717) is 12.4 Å². The van der Waals surface area contributed by atoms with E-state index in [4.69, 9.17) is 9.47 Å². The molecular weight excluding hydrogens is 449 g/mol. The topological polar surface area (TPSA) is 86.5 Å². The maximum atomic E-state index is 14.5. The van der Waals surface area contributed by atoms with Gasteiger partial charge in [-0.15, -0.1) is 0 Å². The van der Waals surface area contributed by atoms with Crippen molar-refractivity contribution >= 4 is 10.9 Å². The molecule has 0 radical (unpaired) electrons. The zero-order valence-corrected chi connectivity index (χ0v) is 19.9. The Balaban J connectivity index is 1.43. The molecular formula is C27H30FN3O4. The molecule has 2 fully saturated rings. The van der Waals surface area contributed by atoms with Crippen LogP contribution in [0.25, 0.3) is 10.9 Å². The largest absolute Gasteiger partial charge is 0.458 e. The van der Waals surface area contributed by atoms with E-state index in [2.05, 4.69) is 28.5 Å². The molecule has 2 unspecified atom stereocenters. The fourth-order valence-electron chi connectivity index (χ4n) is 5.46. The first-order valence-corrected chi connectivity index (χ1v) is 12.2. The second kappa shape index (κ2) is 10.3. The van der Waals surface area contributed by atoms with E-state index in [1.54, 1.807) is 24.9 Å². The van der Waals surface area contributed by atoms with E-state index < -0.39 is 10.8 Å². The lowest BCUT2D eigenvalue weighted by Gasteiger charge is -2.16. The van der Waals surface area contributed by atoms with Crippen LogP contribution < -0.4 is 10.1 Å². The number of nitrogens with one attached hydrogen (secondary N) is 1. The molecule has 1 N–H and O–H groups in total. The van der Waals surface area contributed by atoms with Gasteiger partial charge in [0.05, 0.1) is 23.1 Å². The van der Waals surface area contributed by atoms with Gasteiger partial charge in [0.25, 0.3) is 0 Å². The molecule has 1 aliphatic heterocycles. The van der Waals surface area contributed by atoms with Gasteiger partial charge in [-0.1, -0.05) is 11.6 Å². The number of methoxy groups -OCH3 is 1. The van der Waals surface area contributed by atoms with Gasteiger partial charge in [0.15, 0.2) is 5.83 Å². The van der Waals surface area contributed by atoms with Crippen LogP contribution >= 0.6 is 0 Å². The summed E-state index contributed by atoms with van der Waals surface area (Å²) in [5, 5.41) is 15.3. The van der Waals surface area contributed by atoms with Crippen molar-refractivity contribution in [1.82, 2.24) is 10.3 Å². The number of pyridine rings is 1. The molecule has 2 heterocycles. The summed E-state index contributed by atoms with van der Waals surface area (Å²) < 4.78 is 25.8. The van der Waals surface area contributed by atoms with Gasteiger partial charge in [0.2, 0.25) is 5.70 Å². The second-order valence-corrected chi connectivity index (χ2v) is 9.61. The molecule has 35 heavy (non-hydrogen) atoms. The molecule has 8 heteroatoms. The van der Waals surface area contributed by atoms with Gasteiger partial charge in [0.1, 0.15) is 11.5 Å². The van der Waals surface area contributed by atoms with Gasteiger partial charge >= 0.3 is 0 Å². The number of hydrogen-bond acceptors (Lipinski definition) is 6. The number of rotatable bonds is 8. The molecule has 2 aromatic rings. The highest BCUT2D eigenvalue weighted by molar-refractivity contribution is 5.86. The minimum atomic E-state index is -0.702. The van der Waals surface area contributed by atoms with Crippen LogP contribution in [-0.4, -0.2) is 36.7 Å². The molecule has 1 saturated heterocycles. The summed E-state index contributed by atoms with van der Waals surface area (Å²) in [6.07, 6.45) is 9.22. The summed E-state index contributed by atoms with van der Waals surface area (Å²) in [6, 6.07) is 5.87. The first kappa shape index (κ1) is 23.6. The number of nitrogens with zero attached hydrogens (tertiary/aromatic N) is 2. The van der Waals surface area contributed by atoms with Crippen LogP contribution in [0.2, 0.25) is 0 Å². The minimum Gasteiger partial charge on any atom is -0.458 e. The SMILES string of the molecule is COCCc1cc2c(OC3=C(F)C=C([N+](=O)[O-])CC3)ccnc2cc1CC=C1CC2CNCC2C1. The van der Waals surface area contributed by atoms with Crippen LogP contribution in [0, 0.1) is 22.0 Å². The quantitative estimate of drug-likeness (QED) is 0.324. The van der Waals surface area contributed by atoms with Crippen molar-refractivity contribution in [2.24, 2.45) is 11.8 Å². The van der Waals surface area contributed by atoms with Gasteiger partial charge in [-0.05, 0) is 79.9 Å². The molecule has 3 aliphatic rings. The van der Waals surface area contributed by atoms with Crippen LogP contribution in [0.15, 0.2) is 59.4 Å². The molecule has 2 aliphatic carbocycles. The van der Waals surface area contributed by atoms with E-state index in [1.807, 2.05) is 0 Å². The first-order valence-electron chi connectivity index (χ1n) is 12.2. The molecule has 0 bridgehead atoms. The Morgan fingerprint density at radius 3 is 2.74 bits per heavy atom. The summed E-state index contributed by atoms with van der Waals surface area (Å²) in [5.41, 5.74) is 4.55. The Labute approximate surface area is 203 Å². The van der Waals surface area contributed by atoms with Crippen molar-refractivity contribution in [3.8, 4) is 5.75 Å². The van der Waals surface area contributed by atoms with E-state index in [-0.39, 0.29) is 24.3 Å². The van der Waals surface area contributed by atoms with Gasteiger partial charge in [-0.2, -0.15) is 0 Å². The fourth-order valence-corrected chi connectivity index (χ4v) is 5.46. The second-order valence-electron chi connectivity index (χ2n) is 9.61. The Morgan fingerprint density at radius 2 is 2.03 bits per heavy atom. The molecule has 2 atom stereocenters. The number of fused-ring (bicyclic) bond motifs is 2. The highest BCUT2D eigenvalue weighted by Gasteiger charge is 2.33. The average molecular weight is 480 g/mol. The third-order valence-corrected chi connectivity index (χ3v) is 7.37. The predicted octanol–water partition coefficient (Wildman–Crippen LogP) is 5.04. The first-order chi connectivity index (χ1) is 17.0. The molecule has 0 spiro atoms. The van der Waals surface area contributed by atoms with Gasteiger partial charge in [-0.25, -0.2) is 4.39 Å². The van der Waals surface area contributed by atoms with E-state index in [1.165, 1.54) is 18.4 Å². The number of halogens is 1. The number of ether oxygens (including phenoxy) is 2. The Hall–Kier alpha value is -3.10. The maximum absolute atomic E-state index is 14.5. The molecule has 1 aromatic carbocycles. The summed E-state index contributed by atoms with van der Waals surface area (Å²) >= 11 is 0. The molecule has 0 amide bonds. The third-order valence-electron chi connectivity index (χ3n) is 7.37. The lowest BCUT2D eigenvalue weighted by Crippen LogP contribution is -2.09. The normalized spacial score (nSPS) is 21.9. The Kier molecular flexibility index (Phi) is 6.92. The molecule has 1 saturated carbocycles. The van der Waals surface area contributed by atoms with Gasteiger partial charge in [-0.3, -0.25) is 15.1 Å². The standard InChI is InChI=1S/C27H30FN3O4/c1-34-9-7-19-12-23-25(13-18(19)3-2-17-10-20-15-29-16-21(20)11-17)30-8-6-26(23)35-27-5-4-22(31(32)33)14-24(27)28/h2,6,8,12-14,20-21,29H,3-5,7,9-11,15-16H2,1H3. The van der Waals surface area contributed by atoms with E-state index >= 15 is 0 Å². The maximum Gasteiger partial charge on any atom is 0.249 e. The highest BCUT2D eigenvalue weighted by Crippen LogP contribution is 2.38. The molecule has 1 aromatic heterocycles. The van der Waals surface area contributed by atoms with Crippen molar-refractivity contribution < 1.29 is 18.8 Å². The average Bonchev–Trinajstić information content (AvgIpc) is 3.44.